The lowest BCUT2D eigenvalue weighted by Crippen LogP contribution is -2.28. The van der Waals surface area contributed by atoms with Crippen molar-refractivity contribution >= 4 is 11.7 Å². The van der Waals surface area contributed by atoms with Crippen LogP contribution in [0.3, 0.4) is 0 Å². The lowest BCUT2D eigenvalue weighted by molar-refractivity contribution is -0.126. The Hall–Kier alpha value is -2.21. The number of nitrogens with zero attached hydrogens (tertiary/aromatic N) is 3. The molecule has 0 saturated carbocycles. The van der Waals surface area contributed by atoms with Gasteiger partial charge >= 0.3 is 0 Å². The molecule has 6 nitrogen and oxygen atoms in total. The molecule has 2 rings (SSSR count). The fourth-order valence-corrected chi connectivity index (χ4v) is 1.77. The highest BCUT2D eigenvalue weighted by Crippen LogP contribution is 2.14. The number of anilines is 1. The number of carbonyl (C=O) groups is 1. The molecule has 1 amide bonds. The van der Waals surface area contributed by atoms with Crippen molar-refractivity contribution in [3.05, 3.63) is 36.2 Å². The SMILES string of the molecule is CCOC(C)C(=O)Nc1ccnn1-c1cc(C)ccn1. The summed E-state index contributed by atoms with van der Waals surface area (Å²) in [7, 11) is 0. The van der Waals surface area contributed by atoms with E-state index < -0.39 is 6.10 Å². The number of nitrogens with one attached hydrogen (secondary N) is 1. The topological polar surface area (TPSA) is 69.0 Å². The first kappa shape index (κ1) is 14.2. The van der Waals surface area contributed by atoms with E-state index in [1.807, 2.05) is 26.0 Å². The summed E-state index contributed by atoms with van der Waals surface area (Å²) in [4.78, 5) is 16.2. The van der Waals surface area contributed by atoms with Gasteiger partial charge in [-0.2, -0.15) is 9.78 Å². The zero-order chi connectivity index (χ0) is 14.5. The van der Waals surface area contributed by atoms with E-state index >= 15 is 0 Å². The van der Waals surface area contributed by atoms with Crippen LogP contribution in [0, 0.1) is 6.92 Å². The van der Waals surface area contributed by atoms with Crippen molar-refractivity contribution in [2.45, 2.75) is 26.9 Å². The highest BCUT2D eigenvalue weighted by Gasteiger charge is 2.15. The van der Waals surface area contributed by atoms with Crippen LogP contribution in [0.2, 0.25) is 0 Å². The molecule has 0 aliphatic heterocycles. The van der Waals surface area contributed by atoms with E-state index in [1.54, 1.807) is 30.1 Å². The third kappa shape index (κ3) is 3.21. The summed E-state index contributed by atoms with van der Waals surface area (Å²) < 4.78 is 6.85. The number of carbonyl (C=O) groups excluding carboxylic acids is 1. The minimum Gasteiger partial charge on any atom is -0.369 e. The zero-order valence-electron chi connectivity index (χ0n) is 11.8. The Labute approximate surface area is 117 Å². The molecule has 0 aliphatic rings. The van der Waals surface area contributed by atoms with Gasteiger partial charge < -0.3 is 10.1 Å². The van der Waals surface area contributed by atoms with Crippen molar-refractivity contribution in [3.8, 4) is 5.82 Å². The van der Waals surface area contributed by atoms with Gasteiger partial charge in [-0.05, 0) is 38.5 Å². The normalized spacial score (nSPS) is 12.2. The maximum Gasteiger partial charge on any atom is 0.254 e. The van der Waals surface area contributed by atoms with Crippen molar-refractivity contribution in [3.63, 3.8) is 0 Å². The summed E-state index contributed by atoms with van der Waals surface area (Å²) in [5.41, 5.74) is 1.07. The third-order valence-electron chi connectivity index (χ3n) is 2.80. The first-order valence-corrected chi connectivity index (χ1v) is 6.51. The first-order chi connectivity index (χ1) is 9.61. The Morgan fingerprint density at radius 1 is 1.45 bits per heavy atom. The van der Waals surface area contributed by atoms with Crippen LogP contribution in [0.25, 0.3) is 5.82 Å². The van der Waals surface area contributed by atoms with Gasteiger partial charge in [0, 0.05) is 18.9 Å². The van der Waals surface area contributed by atoms with E-state index in [4.69, 9.17) is 4.74 Å². The molecule has 0 radical (unpaired) electrons. The molecule has 0 fully saturated rings. The van der Waals surface area contributed by atoms with Crippen molar-refractivity contribution in [1.29, 1.82) is 0 Å². The predicted octanol–water partition coefficient (Wildman–Crippen LogP) is 1.94. The van der Waals surface area contributed by atoms with Gasteiger partial charge in [0.1, 0.15) is 11.9 Å². The number of amides is 1. The Morgan fingerprint density at radius 2 is 2.25 bits per heavy atom. The minimum atomic E-state index is -0.506. The molecule has 1 N–H and O–H groups in total. The Bertz CT molecular complexity index is 594. The summed E-state index contributed by atoms with van der Waals surface area (Å²) in [5.74, 6) is 1.02. The van der Waals surface area contributed by atoms with Crippen LogP contribution < -0.4 is 5.32 Å². The second-order valence-corrected chi connectivity index (χ2v) is 4.41. The molecular formula is C14H18N4O2. The molecule has 0 saturated heterocycles. The average molecular weight is 274 g/mol. The van der Waals surface area contributed by atoms with Crippen molar-refractivity contribution in [2.75, 3.05) is 11.9 Å². The van der Waals surface area contributed by atoms with Gasteiger partial charge in [0.15, 0.2) is 5.82 Å². The van der Waals surface area contributed by atoms with Gasteiger partial charge in [0.25, 0.3) is 5.91 Å². The second-order valence-electron chi connectivity index (χ2n) is 4.41. The van der Waals surface area contributed by atoms with Crippen LogP contribution in [-0.4, -0.2) is 33.4 Å². The number of rotatable bonds is 5. The summed E-state index contributed by atoms with van der Waals surface area (Å²) in [6.07, 6.45) is 2.82. The fraction of sp³-hybridized carbons (Fsp3) is 0.357. The van der Waals surface area contributed by atoms with Crippen molar-refractivity contribution in [1.82, 2.24) is 14.8 Å². The smallest absolute Gasteiger partial charge is 0.254 e. The zero-order valence-corrected chi connectivity index (χ0v) is 11.8. The van der Waals surface area contributed by atoms with Gasteiger partial charge in [-0.1, -0.05) is 0 Å². The monoisotopic (exact) mass is 274 g/mol. The van der Waals surface area contributed by atoms with Gasteiger partial charge in [0.05, 0.1) is 6.20 Å². The number of aryl methyl sites for hydroxylation is 1. The average Bonchev–Trinajstić information content (AvgIpc) is 2.87. The molecule has 1 unspecified atom stereocenters. The molecule has 106 valence electrons. The molecule has 2 aromatic rings. The molecule has 2 aromatic heterocycles. The molecule has 1 atom stereocenters. The second kappa shape index (κ2) is 6.29. The van der Waals surface area contributed by atoms with Crippen LogP contribution in [-0.2, 0) is 9.53 Å². The first-order valence-electron chi connectivity index (χ1n) is 6.51. The Morgan fingerprint density at radius 3 is 2.95 bits per heavy atom. The van der Waals surface area contributed by atoms with Crippen LogP contribution in [0.4, 0.5) is 5.82 Å². The molecule has 0 aliphatic carbocycles. The number of hydrogen-bond acceptors (Lipinski definition) is 4. The summed E-state index contributed by atoms with van der Waals surface area (Å²) >= 11 is 0. The van der Waals surface area contributed by atoms with Crippen molar-refractivity contribution in [2.24, 2.45) is 0 Å². The van der Waals surface area contributed by atoms with Crippen LogP contribution in [0.5, 0.6) is 0 Å². The van der Waals surface area contributed by atoms with Gasteiger partial charge in [-0.15, -0.1) is 0 Å². The number of hydrogen-bond donors (Lipinski definition) is 1. The standard InChI is InChI=1S/C14H18N4O2/c1-4-20-11(3)14(19)17-12-6-8-16-18(12)13-9-10(2)5-7-15-13/h5-9,11H,4H2,1-3H3,(H,17,19). The molecular weight excluding hydrogens is 256 g/mol. The Balaban J connectivity index is 2.19. The molecule has 0 aromatic carbocycles. The quantitative estimate of drug-likeness (QED) is 0.904. The maximum atomic E-state index is 12.0. The molecule has 0 spiro atoms. The van der Waals surface area contributed by atoms with Crippen LogP contribution in [0.1, 0.15) is 19.4 Å². The summed E-state index contributed by atoms with van der Waals surface area (Å²) in [6, 6.07) is 5.53. The van der Waals surface area contributed by atoms with E-state index in [9.17, 15) is 4.79 Å². The van der Waals surface area contributed by atoms with Crippen LogP contribution in [0.15, 0.2) is 30.6 Å². The van der Waals surface area contributed by atoms with Gasteiger partial charge in [-0.25, -0.2) is 4.98 Å². The minimum absolute atomic E-state index is 0.207. The van der Waals surface area contributed by atoms with E-state index in [0.29, 0.717) is 18.2 Å². The predicted molar refractivity (Wildman–Crippen MR) is 75.8 cm³/mol. The van der Waals surface area contributed by atoms with Gasteiger partial charge in [0.2, 0.25) is 0 Å². The number of aromatic nitrogens is 3. The summed E-state index contributed by atoms with van der Waals surface area (Å²) in [6.45, 7) is 6.03. The molecule has 6 heteroatoms. The van der Waals surface area contributed by atoms with Crippen LogP contribution >= 0.6 is 0 Å². The van der Waals surface area contributed by atoms with Crippen molar-refractivity contribution < 1.29 is 9.53 Å². The summed E-state index contributed by atoms with van der Waals surface area (Å²) in [5, 5.41) is 6.97. The highest BCUT2D eigenvalue weighted by atomic mass is 16.5. The molecule has 0 bridgehead atoms. The van der Waals surface area contributed by atoms with E-state index in [0.717, 1.165) is 5.56 Å². The van der Waals surface area contributed by atoms with E-state index in [-0.39, 0.29) is 5.91 Å². The number of pyridine rings is 1. The lowest BCUT2D eigenvalue weighted by atomic mass is 10.3. The fourth-order valence-electron chi connectivity index (χ4n) is 1.77. The van der Waals surface area contributed by atoms with E-state index in [2.05, 4.69) is 15.4 Å². The van der Waals surface area contributed by atoms with Gasteiger partial charge in [-0.3, -0.25) is 4.79 Å². The molecule has 20 heavy (non-hydrogen) atoms. The maximum absolute atomic E-state index is 12.0. The largest absolute Gasteiger partial charge is 0.369 e. The third-order valence-corrected chi connectivity index (χ3v) is 2.80. The number of ether oxygens (including phenoxy) is 1. The van der Waals surface area contributed by atoms with E-state index in [1.165, 1.54) is 0 Å². The lowest BCUT2D eigenvalue weighted by Gasteiger charge is -2.13. The molecule has 2 heterocycles. The highest BCUT2D eigenvalue weighted by molar-refractivity contribution is 5.93. The Kier molecular flexibility index (Phi) is 4.47.